The molecule has 2 aliphatic rings. The van der Waals surface area contributed by atoms with Gasteiger partial charge >= 0.3 is 0 Å². The standard InChI is InChI=1S/C15H22N2O3S/c18-21(19,14-4-2-1-3-5-14)17-12-13-6-7-15(20-13)8-10-16-11-9-15/h1-5,13,16-17H,6-12H2/t13-/m1/s1. The Morgan fingerprint density at radius 1 is 1.19 bits per heavy atom. The molecule has 0 aromatic heterocycles. The van der Waals surface area contributed by atoms with E-state index in [1.165, 1.54) is 0 Å². The first-order valence-electron chi connectivity index (χ1n) is 7.53. The van der Waals surface area contributed by atoms with Gasteiger partial charge in [0.2, 0.25) is 10.0 Å². The lowest BCUT2D eigenvalue weighted by atomic mass is 9.89. The van der Waals surface area contributed by atoms with Gasteiger partial charge in [0.15, 0.2) is 0 Å². The van der Waals surface area contributed by atoms with Gasteiger partial charge in [0, 0.05) is 6.54 Å². The zero-order valence-electron chi connectivity index (χ0n) is 12.0. The molecule has 0 unspecified atom stereocenters. The molecule has 0 radical (unpaired) electrons. The molecule has 0 amide bonds. The molecule has 2 aliphatic heterocycles. The molecule has 5 nitrogen and oxygen atoms in total. The highest BCUT2D eigenvalue weighted by atomic mass is 32.2. The second-order valence-electron chi connectivity index (χ2n) is 5.88. The average Bonchev–Trinajstić information content (AvgIpc) is 2.90. The Hall–Kier alpha value is -0.950. The van der Waals surface area contributed by atoms with E-state index in [2.05, 4.69) is 10.0 Å². The van der Waals surface area contributed by atoms with Gasteiger partial charge in [0.1, 0.15) is 0 Å². The summed E-state index contributed by atoms with van der Waals surface area (Å²) in [7, 11) is -3.43. The monoisotopic (exact) mass is 310 g/mol. The minimum Gasteiger partial charge on any atom is -0.370 e. The molecular formula is C15H22N2O3S. The fourth-order valence-electron chi connectivity index (χ4n) is 3.18. The predicted molar refractivity (Wildman–Crippen MR) is 80.6 cm³/mol. The maximum absolute atomic E-state index is 12.2. The van der Waals surface area contributed by atoms with Crippen LogP contribution in [0.5, 0.6) is 0 Å². The first-order valence-corrected chi connectivity index (χ1v) is 9.01. The zero-order valence-corrected chi connectivity index (χ0v) is 12.9. The topological polar surface area (TPSA) is 67.4 Å². The summed E-state index contributed by atoms with van der Waals surface area (Å²) in [5.74, 6) is 0. The fraction of sp³-hybridized carbons (Fsp3) is 0.600. The summed E-state index contributed by atoms with van der Waals surface area (Å²) in [5, 5.41) is 3.34. The molecule has 2 N–H and O–H groups in total. The number of ether oxygens (including phenoxy) is 1. The van der Waals surface area contributed by atoms with Crippen LogP contribution in [-0.4, -0.2) is 39.8 Å². The van der Waals surface area contributed by atoms with Gasteiger partial charge in [0.05, 0.1) is 16.6 Å². The smallest absolute Gasteiger partial charge is 0.240 e. The molecule has 0 saturated carbocycles. The molecule has 1 spiro atoms. The Balaban J connectivity index is 1.56. The average molecular weight is 310 g/mol. The van der Waals surface area contributed by atoms with Crippen LogP contribution in [0, 0.1) is 0 Å². The highest BCUT2D eigenvalue weighted by Gasteiger charge is 2.40. The van der Waals surface area contributed by atoms with Gasteiger partial charge in [-0.05, 0) is 50.9 Å². The summed E-state index contributed by atoms with van der Waals surface area (Å²) < 4.78 is 33.2. The molecule has 6 heteroatoms. The fourth-order valence-corrected chi connectivity index (χ4v) is 4.26. The van der Waals surface area contributed by atoms with Gasteiger partial charge in [-0.3, -0.25) is 0 Å². The highest BCUT2D eigenvalue weighted by Crippen LogP contribution is 2.37. The third kappa shape index (κ3) is 3.45. The van der Waals surface area contributed by atoms with E-state index >= 15 is 0 Å². The quantitative estimate of drug-likeness (QED) is 0.879. The van der Waals surface area contributed by atoms with Crippen LogP contribution in [0.4, 0.5) is 0 Å². The summed E-state index contributed by atoms with van der Waals surface area (Å²) in [4.78, 5) is 0.305. The molecule has 1 atom stereocenters. The molecule has 1 aromatic carbocycles. The first kappa shape index (κ1) is 15.0. The van der Waals surface area contributed by atoms with Crippen molar-refractivity contribution in [2.45, 2.75) is 42.3 Å². The molecule has 2 heterocycles. The van der Waals surface area contributed by atoms with Crippen LogP contribution >= 0.6 is 0 Å². The van der Waals surface area contributed by atoms with Crippen LogP contribution in [0.15, 0.2) is 35.2 Å². The summed E-state index contributed by atoms with van der Waals surface area (Å²) in [6, 6.07) is 8.47. The minimum atomic E-state index is -3.43. The number of sulfonamides is 1. The van der Waals surface area contributed by atoms with Crippen LogP contribution in [0.25, 0.3) is 0 Å². The van der Waals surface area contributed by atoms with E-state index in [1.54, 1.807) is 30.3 Å². The van der Waals surface area contributed by atoms with E-state index in [0.717, 1.165) is 38.8 Å². The molecule has 116 valence electrons. The lowest BCUT2D eigenvalue weighted by Gasteiger charge is -2.33. The molecule has 2 fully saturated rings. The maximum atomic E-state index is 12.2. The van der Waals surface area contributed by atoms with Crippen LogP contribution in [0.3, 0.4) is 0 Å². The Morgan fingerprint density at radius 3 is 2.62 bits per heavy atom. The normalized spacial score (nSPS) is 25.2. The van der Waals surface area contributed by atoms with Crippen molar-refractivity contribution in [3.63, 3.8) is 0 Å². The SMILES string of the molecule is O=S(=O)(NC[C@H]1CCC2(CCNCC2)O1)c1ccccc1. The molecule has 0 aliphatic carbocycles. The number of rotatable bonds is 4. The van der Waals surface area contributed by atoms with Crippen molar-refractivity contribution >= 4 is 10.0 Å². The summed E-state index contributed by atoms with van der Waals surface area (Å²) >= 11 is 0. The van der Waals surface area contributed by atoms with Gasteiger partial charge < -0.3 is 10.1 Å². The predicted octanol–water partition coefficient (Wildman–Crippen LogP) is 1.27. The van der Waals surface area contributed by atoms with Crippen molar-refractivity contribution in [2.24, 2.45) is 0 Å². The van der Waals surface area contributed by atoms with Crippen molar-refractivity contribution < 1.29 is 13.2 Å². The van der Waals surface area contributed by atoms with Crippen molar-refractivity contribution in [3.05, 3.63) is 30.3 Å². The second kappa shape index (κ2) is 6.04. The van der Waals surface area contributed by atoms with Gasteiger partial charge in [-0.15, -0.1) is 0 Å². The lowest BCUT2D eigenvalue weighted by molar-refractivity contribution is -0.0567. The lowest BCUT2D eigenvalue weighted by Crippen LogP contribution is -2.43. The third-order valence-electron chi connectivity index (χ3n) is 4.41. The van der Waals surface area contributed by atoms with Crippen molar-refractivity contribution in [3.8, 4) is 0 Å². The van der Waals surface area contributed by atoms with Crippen molar-refractivity contribution in [2.75, 3.05) is 19.6 Å². The van der Waals surface area contributed by atoms with E-state index in [1.807, 2.05) is 0 Å². The van der Waals surface area contributed by atoms with Gasteiger partial charge in [-0.25, -0.2) is 13.1 Å². The minimum absolute atomic E-state index is 0.0124. The third-order valence-corrected chi connectivity index (χ3v) is 5.85. The van der Waals surface area contributed by atoms with Crippen LogP contribution in [0.2, 0.25) is 0 Å². The number of piperidine rings is 1. The first-order chi connectivity index (χ1) is 10.1. The second-order valence-corrected chi connectivity index (χ2v) is 7.64. The summed E-state index contributed by atoms with van der Waals surface area (Å²) in [5.41, 5.74) is -0.0197. The number of nitrogens with one attached hydrogen (secondary N) is 2. The van der Waals surface area contributed by atoms with E-state index in [4.69, 9.17) is 4.74 Å². The highest BCUT2D eigenvalue weighted by molar-refractivity contribution is 7.89. The summed E-state index contributed by atoms with van der Waals surface area (Å²) in [6.45, 7) is 2.33. The van der Waals surface area contributed by atoms with E-state index in [0.29, 0.717) is 11.4 Å². The number of benzene rings is 1. The summed E-state index contributed by atoms with van der Waals surface area (Å²) in [6.07, 6.45) is 4.00. The van der Waals surface area contributed by atoms with E-state index in [-0.39, 0.29) is 11.7 Å². The molecule has 2 saturated heterocycles. The van der Waals surface area contributed by atoms with Gasteiger partial charge in [-0.1, -0.05) is 18.2 Å². The maximum Gasteiger partial charge on any atom is 0.240 e. The van der Waals surface area contributed by atoms with Crippen LogP contribution < -0.4 is 10.0 Å². The Labute approximate surface area is 126 Å². The zero-order chi connectivity index (χ0) is 14.8. The van der Waals surface area contributed by atoms with Gasteiger partial charge in [0.25, 0.3) is 0 Å². The van der Waals surface area contributed by atoms with E-state index in [9.17, 15) is 8.42 Å². The van der Waals surface area contributed by atoms with Gasteiger partial charge in [-0.2, -0.15) is 0 Å². The molecule has 3 rings (SSSR count). The number of hydrogen-bond acceptors (Lipinski definition) is 4. The Kier molecular flexibility index (Phi) is 4.31. The Morgan fingerprint density at radius 2 is 1.90 bits per heavy atom. The largest absolute Gasteiger partial charge is 0.370 e. The number of hydrogen-bond donors (Lipinski definition) is 2. The molecule has 1 aromatic rings. The van der Waals surface area contributed by atoms with Crippen LogP contribution in [0.1, 0.15) is 25.7 Å². The van der Waals surface area contributed by atoms with Crippen LogP contribution in [-0.2, 0) is 14.8 Å². The van der Waals surface area contributed by atoms with Crippen molar-refractivity contribution in [1.82, 2.24) is 10.0 Å². The molecule has 0 bridgehead atoms. The molecular weight excluding hydrogens is 288 g/mol. The molecule has 21 heavy (non-hydrogen) atoms. The Bertz CT molecular complexity index is 568. The van der Waals surface area contributed by atoms with E-state index < -0.39 is 10.0 Å². The van der Waals surface area contributed by atoms with Crippen molar-refractivity contribution in [1.29, 1.82) is 0 Å².